The van der Waals surface area contributed by atoms with Crippen LogP contribution in [0.3, 0.4) is 0 Å². The molecule has 6 heteroatoms. The zero-order valence-electron chi connectivity index (χ0n) is 7.12. The van der Waals surface area contributed by atoms with Gasteiger partial charge in [-0.2, -0.15) is 0 Å². The van der Waals surface area contributed by atoms with Crippen molar-refractivity contribution in [2.75, 3.05) is 0 Å². The fourth-order valence-corrected chi connectivity index (χ4v) is 0.965. The third-order valence-electron chi connectivity index (χ3n) is 1.95. The molecular formula is C7H13N3O3. The van der Waals surface area contributed by atoms with E-state index in [4.69, 9.17) is 21.4 Å². The van der Waals surface area contributed by atoms with Crippen LogP contribution in [0.25, 0.3) is 0 Å². The van der Waals surface area contributed by atoms with E-state index in [1.165, 1.54) is 0 Å². The number of carbonyl (C=O) groups is 1. The smallest absolute Gasteiger partial charge is 0.358 e. The van der Waals surface area contributed by atoms with Crippen molar-refractivity contribution < 1.29 is 14.6 Å². The summed E-state index contributed by atoms with van der Waals surface area (Å²) >= 11 is 0. The first kappa shape index (κ1) is 9.66. The number of rotatable bonds is 4. The van der Waals surface area contributed by atoms with Crippen LogP contribution >= 0.6 is 0 Å². The first-order valence-corrected chi connectivity index (χ1v) is 4.01. The van der Waals surface area contributed by atoms with Crippen LogP contribution in [0.5, 0.6) is 0 Å². The number of hydrogen-bond donors (Lipinski definition) is 4. The van der Waals surface area contributed by atoms with Crippen LogP contribution in [0.4, 0.5) is 0 Å². The van der Waals surface area contributed by atoms with Crippen molar-refractivity contribution in [3.05, 3.63) is 11.6 Å². The van der Waals surface area contributed by atoms with Gasteiger partial charge in [-0.15, -0.1) is 0 Å². The summed E-state index contributed by atoms with van der Waals surface area (Å²) in [4.78, 5) is 10.5. The molecule has 1 fully saturated rings. The van der Waals surface area contributed by atoms with Gasteiger partial charge in [-0.05, 0) is 19.3 Å². The molecule has 1 aliphatic carbocycles. The molecule has 1 aliphatic rings. The van der Waals surface area contributed by atoms with Gasteiger partial charge in [0, 0.05) is 0 Å². The molecule has 0 bridgehead atoms. The van der Waals surface area contributed by atoms with E-state index in [0.717, 1.165) is 19.3 Å². The number of nitrogens with two attached hydrogens (primary N) is 2. The summed E-state index contributed by atoms with van der Waals surface area (Å²) in [5.74, 6) is 3.59. The Hall–Kier alpha value is -1.43. The maximum atomic E-state index is 10.5. The number of hydrogen-bond acceptors (Lipinski definition) is 5. The Bertz CT molecular complexity index is 235. The second-order valence-electron chi connectivity index (χ2n) is 2.86. The molecule has 1 rings (SSSR count). The molecule has 6 nitrogen and oxygen atoms in total. The van der Waals surface area contributed by atoms with E-state index < -0.39 is 5.97 Å². The lowest BCUT2D eigenvalue weighted by molar-refractivity contribution is -0.133. The van der Waals surface area contributed by atoms with E-state index >= 15 is 0 Å². The number of aliphatic carboxylic acids is 1. The summed E-state index contributed by atoms with van der Waals surface area (Å²) in [5.41, 5.74) is 7.06. The van der Waals surface area contributed by atoms with Crippen LogP contribution in [0.15, 0.2) is 11.6 Å². The average Bonchev–Trinajstić information content (AvgIpc) is 1.97. The SMILES string of the molecule is NN/C(C(=O)O)=C(\N)OC1CCC1. The third kappa shape index (κ3) is 2.25. The number of hydrazine groups is 1. The van der Waals surface area contributed by atoms with Gasteiger partial charge in [0.05, 0.1) is 0 Å². The maximum Gasteiger partial charge on any atom is 0.358 e. The van der Waals surface area contributed by atoms with Gasteiger partial charge in [-0.25, -0.2) is 4.79 Å². The predicted octanol–water partition coefficient (Wildman–Crippen LogP) is -0.769. The van der Waals surface area contributed by atoms with E-state index in [2.05, 4.69) is 0 Å². The first-order valence-electron chi connectivity index (χ1n) is 4.01. The highest BCUT2D eigenvalue weighted by Gasteiger charge is 2.22. The maximum absolute atomic E-state index is 10.5. The minimum atomic E-state index is -1.22. The molecule has 0 aliphatic heterocycles. The standard InChI is InChI=1S/C7H13N3O3/c8-6(5(10-9)7(11)12)13-4-2-1-3-4/h4,10H,1-3,8-9H2,(H,11,12)/b6-5+. The highest BCUT2D eigenvalue weighted by Crippen LogP contribution is 2.23. The molecule has 0 amide bonds. The number of carboxylic acids is 1. The van der Waals surface area contributed by atoms with Crippen LogP contribution in [0.1, 0.15) is 19.3 Å². The molecule has 0 aromatic heterocycles. The normalized spacial score (nSPS) is 18.5. The average molecular weight is 187 g/mol. The first-order chi connectivity index (χ1) is 6.15. The van der Waals surface area contributed by atoms with E-state index in [1.807, 2.05) is 5.43 Å². The fraction of sp³-hybridized carbons (Fsp3) is 0.571. The lowest BCUT2D eigenvalue weighted by atomic mass is 9.96. The molecule has 0 spiro atoms. The molecule has 0 heterocycles. The van der Waals surface area contributed by atoms with Gasteiger partial charge in [0.15, 0.2) is 5.70 Å². The van der Waals surface area contributed by atoms with Gasteiger partial charge in [0.1, 0.15) is 6.10 Å². The molecule has 0 unspecified atom stereocenters. The van der Waals surface area contributed by atoms with Crippen LogP contribution in [0, 0.1) is 0 Å². The Morgan fingerprint density at radius 3 is 2.46 bits per heavy atom. The Labute approximate surface area is 75.5 Å². The molecule has 6 N–H and O–H groups in total. The van der Waals surface area contributed by atoms with Gasteiger partial charge < -0.3 is 21.0 Å². The topological polar surface area (TPSA) is 111 Å². The molecule has 74 valence electrons. The van der Waals surface area contributed by atoms with Gasteiger partial charge >= 0.3 is 5.97 Å². The molecule has 13 heavy (non-hydrogen) atoms. The summed E-state index contributed by atoms with van der Waals surface area (Å²) in [6, 6.07) is 0. The van der Waals surface area contributed by atoms with Gasteiger partial charge in [-0.3, -0.25) is 5.84 Å². The molecule has 0 radical (unpaired) electrons. The third-order valence-corrected chi connectivity index (χ3v) is 1.95. The van der Waals surface area contributed by atoms with Crippen LogP contribution in [0.2, 0.25) is 0 Å². The summed E-state index contributed by atoms with van der Waals surface area (Å²) in [6.07, 6.45) is 2.97. The minimum absolute atomic E-state index is 0.0442. The van der Waals surface area contributed by atoms with E-state index in [9.17, 15) is 4.79 Å². The lowest BCUT2D eigenvalue weighted by Crippen LogP contribution is -2.33. The summed E-state index contributed by atoms with van der Waals surface area (Å²) < 4.78 is 5.13. The van der Waals surface area contributed by atoms with Gasteiger partial charge in [0.2, 0.25) is 5.88 Å². The largest absolute Gasteiger partial charge is 0.476 e. The molecule has 0 atom stereocenters. The summed E-state index contributed by atoms with van der Waals surface area (Å²) in [5, 5.41) is 8.59. The molecule has 0 aromatic carbocycles. The summed E-state index contributed by atoms with van der Waals surface area (Å²) in [6.45, 7) is 0. The molecule has 0 saturated heterocycles. The van der Waals surface area contributed by atoms with E-state index in [0.29, 0.717) is 0 Å². The molecular weight excluding hydrogens is 174 g/mol. The number of ether oxygens (including phenoxy) is 1. The van der Waals surface area contributed by atoms with Crippen LogP contribution in [-0.4, -0.2) is 17.2 Å². The van der Waals surface area contributed by atoms with Crippen molar-refractivity contribution in [2.24, 2.45) is 11.6 Å². The van der Waals surface area contributed by atoms with Crippen molar-refractivity contribution >= 4 is 5.97 Å². The minimum Gasteiger partial charge on any atom is -0.476 e. The van der Waals surface area contributed by atoms with Crippen molar-refractivity contribution in [1.82, 2.24) is 5.43 Å². The second-order valence-corrected chi connectivity index (χ2v) is 2.86. The van der Waals surface area contributed by atoms with Gasteiger partial charge in [-0.1, -0.05) is 0 Å². The second kappa shape index (κ2) is 3.99. The lowest BCUT2D eigenvalue weighted by Gasteiger charge is -2.26. The summed E-state index contributed by atoms with van der Waals surface area (Å²) in [7, 11) is 0. The number of carboxylic acid groups (broad SMARTS) is 1. The van der Waals surface area contributed by atoms with Crippen molar-refractivity contribution in [1.29, 1.82) is 0 Å². The van der Waals surface area contributed by atoms with Crippen molar-refractivity contribution in [2.45, 2.75) is 25.4 Å². The Morgan fingerprint density at radius 2 is 2.15 bits per heavy atom. The van der Waals surface area contributed by atoms with Crippen molar-refractivity contribution in [3.63, 3.8) is 0 Å². The molecule has 0 aromatic rings. The van der Waals surface area contributed by atoms with Gasteiger partial charge in [0.25, 0.3) is 0 Å². The monoisotopic (exact) mass is 187 g/mol. The molecule has 1 saturated carbocycles. The van der Waals surface area contributed by atoms with E-state index in [1.54, 1.807) is 0 Å². The Kier molecular flexibility index (Phi) is 2.97. The Balaban J connectivity index is 2.57. The van der Waals surface area contributed by atoms with Crippen LogP contribution < -0.4 is 17.0 Å². The van der Waals surface area contributed by atoms with Crippen molar-refractivity contribution in [3.8, 4) is 0 Å². The predicted molar refractivity (Wildman–Crippen MR) is 44.9 cm³/mol. The number of nitrogens with one attached hydrogen (secondary N) is 1. The highest BCUT2D eigenvalue weighted by atomic mass is 16.5. The zero-order chi connectivity index (χ0) is 9.84. The zero-order valence-corrected chi connectivity index (χ0v) is 7.12. The quantitative estimate of drug-likeness (QED) is 0.199. The fourth-order valence-electron chi connectivity index (χ4n) is 0.965. The van der Waals surface area contributed by atoms with Crippen LogP contribution in [-0.2, 0) is 9.53 Å². The van der Waals surface area contributed by atoms with E-state index in [-0.39, 0.29) is 17.7 Å². The highest BCUT2D eigenvalue weighted by molar-refractivity contribution is 5.86. The Morgan fingerprint density at radius 1 is 1.54 bits per heavy atom.